The molecule has 0 radical (unpaired) electrons. The fraction of sp³-hybridized carbons (Fsp3) is 0.529. The fourth-order valence-electron chi connectivity index (χ4n) is 2.82. The van der Waals surface area contributed by atoms with Crippen molar-refractivity contribution < 1.29 is 14.4 Å². The van der Waals surface area contributed by atoms with E-state index in [1.54, 1.807) is 24.2 Å². The van der Waals surface area contributed by atoms with Crippen LogP contribution in [-0.4, -0.2) is 65.6 Å². The largest absolute Gasteiger partial charge is 0.367 e. The van der Waals surface area contributed by atoms with E-state index < -0.39 is 11.6 Å². The van der Waals surface area contributed by atoms with Gasteiger partial charge in [0.25, 0.3) is 5.91 Å². The number of amides is 4. The zero-order chi connectivity index (χ0) is 19.3. The fourth-order valence-corrected chi connectivity index (χ4v) is 2.94. The van der Waals surface area contributed by atoms with Gasteiger partial charge in [-0.15, -0.1) is 0 Å². The molecule has 4 amide bonds. The molecule has 2 saturated heterocycles. The number of halogens is 1. The molecule has 9 heteroatoms. The van der Waals surface area contributed by atoms with E-state index in [1.807, 2.05) is 6.92 Å². The summed E-state index contributed by atoms with van der Waals surface area (Å²) in [5.41, 5.74) is -0.208. The Bertz CT molecular complexity index is 663. The molecule has 2 aliphatic heterocycles. The number of urea groups is 1. The second-order valence-corrected chi connectivity index (χ2v) is 7.84. The topological polar surface area (TPSA) is 94.1 Å². The Hall–Kier alpha value is -2.16. The van der Waals surface area contributed by atoms with Gasteiger partial charge in [0.05, 0.1) is 0 Å². The third kappa shape index (κ3) is 5.17. The summed E-state index contributed by atoms with van der Waals surface area (Å²) in [6, 6.07) is -0.510. The number of allylic oxidation sites excluding steroid dienone is 2. The molecule has 0 spiro atoms. The number of hydrogen-bond donors (Lipinski definition) is 2. The molecule has 2 rings (SSSR count). The molecule has 0 aromatic rings. The van der Waals surface area contributed by atoms with E-state index in [-0.39, 0.29) is 24.7 Å². The lowest BCUT2D eigenvalue weighted by molar-refractivity contribution is -0.133. The summed E-state index contributed by atoms with van der Waals surface area (Å²) in [4.78, 5) is 43.5. The van der Waals surface area contributed by atoms with Gasteiger partial charge in [-0.05, 0) is 20.3 Å². The normalized spacial score (nSPS) is 24.0. The van der Waals surface area contributed by atoms with Crippen LogP contribution in [0, 0.1) is 0 Å². The summed E-state index contributed by atoms with van der Waals surface area (Å²) in [5.74, 6) is -0.402. The van der Waals surface area contributed by atoms with Crippen molar-refractivity contribution in [3.8, 4) is 0 Å². The van der Waals surface area contributed by atoms with Gasteiger partial charge in [-0.2, -0.15) is 0 Å². The van der Waals surface area contributed by atoms with Crippen LogP contribution < -0.4 is 10.6 Å². The molecule has 2 aliphatic rings. The summed E-state index contributed by atoms with van der Waals surface area (Å²) in [6.07, 6.45) is 3.89. The van der Waals surface area contributed by atoms with Gasteiger partial charge in [-0.1, -0.05) is 22.5 Å². The molecule has 2 heterocycles. The van der Waals surface area contributed by atoms with E-state index >= 15 is 0 Å². The monoisotopic (exact) mass is 425 g/mol. The third-order valence-corrected chi connectivity index (χ3v) is 4.68. The maximum atomic E-state index is 12.4. The third-order valence-electron chi connectivity index (χ3n) is 4.47. The average Bonchev–Trinajstić information content (AvgIpc) is 2.85. The highest BCUT2D eigenvalue weighted by molar-refractivity contribution is 9.11. The highest BCUT2D eigenvalue weighted by atomic mass is 79.9. The molecule has 0 aromatic carbocycles. The predicted molar refractivity (Wildman–Crippen MR) is 103 cm³/mol. The van der Waals surface area contributed by atoms with Gasteiger partial charge >= 0.3 is 6.03 Å². The molecular weight excluding hydrogens is 402 g/mol. The van der Waals surface area contributed by atoms with E-state index in [0.717, 1.165) is 10.2 Å². The SMILES string of the molecule is C=C(C=N/C=C(\C)Br)N1CCN(C(=O)CCC2(C)NC(=O)NC2=O)CC1. The van der Waals surface area contributed by atoms with Gasteiger partial charge in [-0.3, -0.25) is 19.9 Å². The van der Waals surface area contributed by atoms with Gasteiger partial charge in [0, 0.05) is 55.2 Å². The number of aliphatic imine (C=N–C) groups is 1. The minimum Gasteiger partial charge on any atom is -0.367 e. The van der Waals surface area contributed by atoms with E-state index in [0.29, 0.717) is 26.2 Å². The lowest BCUT2D eigenvalue weighted by Gasteiger charge is -2.36. The summed E-state index contributed by atoms with van der Waals surface area (Å²) >= 11 is 3.31. The Morgan fingerprint density at radius 2 is 1.92 bits per heavy atom. The Morgan fingerprint density at radius 1 is 1.31 bits per heavy atom. The van der Waals surface area contributed by atoms with E-state index in [2.05, 4.69) is 43.0 Å². The summed E-state index contributed by atoms with van der Waals surface area (Å²) in [7, 11) is 0. The second kappa shape index (κ2) is 8.48. The first-order valence-electron chi connectivity index (χ1n) is 8.42. The molecule has 8 nitrogen and oxygen atoms in total. The maximum Gasteiger partial charge on any atom is 0.322 e. The molecule has 0 aromatic heterocycles. The smallest absolute Gasteiger partial charge is 0.322 e. The van der Waals surface area contributed by atoms with Gasteiger partial charge in [0.2, 0.25) is 5.91 Å². The van der Waals surface area contributed by atoms with Crippen LogP contribution in [0.15, 0.2) is 28.0 Å². The lowest BCUT2D eigenvalue weighted by atomic mass is 9.96. The Kier molecular flexibility index (Phi) is 6.57. The number of carbonyl (C=O) groups excluding carboxylic acids is 3. The average molecular weight is 426 g/mol. The Morgan fingerprint density at radius 3 is 2.46 bits per heavy atom. The van der Waals surface area contributed by atoms with Crippen molar-refractivity contribution in [2.75, 3.05) is 26.2 Å². The highest BCUT2D eigenvalue weighted by Crippen LogP contribution is 2.18. The quantitative estimate of drug-likeness (QED) is 0.495. The summed E-state index contributed by atoms with van der Waals surface area (Å²) in [6.45, 7) is 10.1. The number of carbonyl (C=O) groups is 3. The first-order valence-corrected chi connectivity index (χ1v) is 9.21. The molecule has 0 saturated carbocycles. The van der Waals surface area contributed by atoms with Gasteiger partial charge in [0.15, 0.2) is 0 Å². The van der Waals surface area contributed by atoms with Crippen LogP contribution in [0.5, 0.6) is 0 Å². The van der Waals surface area contributed by atoms with Crippen molar-refractivity contribution in [2.45, 2.75) is 32.2 Å². The first-order chi connectivity index (χ1) is 12.2. The number of rotatable bonds is 6. The van der Waals surface area contributed by atoms with Crippen LogP contribution in [0.4, 0.5) is 4.79 Å². The predicted octanol–water partition coefficient (Wildman–Crippen LogP) is 1.35. The van der Waals surface area contributed by atoms with Crippen molar-refractivity contribution in [3.63, 3.8) is 0 Å². The first kappa shape index (κ1) is 20.2. The molecule has 26 heavy (non-hydrogen) atoms. The number of hydrogen-bond acceptors (Lipinski definition) is 5. The van der Waals surface area contributed by atoms with Crippen LogP contribution in [-0.2, 0) is 9.59 Å². The van der Waals surface area contributed by atoms with E-state index in [9.17, 15) is 14.4 Å². The van der Waals surface area contributed by atoms with E-state index in [4.69, 9.17) is 0 Å². The zero-order valence-electron chi connectivity index (χ0n) is 15.0. The molecule has 1 atom stereocenters. The molecular formula is C17H24BrN5O3. The summed E-state index contributed by atoms with van der Waals surface area (Å²) in [5, 5.41) is 4.78. The van der Waals surface area contributed by atoms with Crippen LogP contribution in [0.2, 0.25) is 0 Å². The van der Waals surface area contributed by atoms with Crippen molar-refractivity contribution in [1.29, 1.82) is 0 Å². The number of piperazine rings is 1. The van der Waals surface area contributed by atoms with Crippen LogP contribution in [0.25, 0.3) is 0 Å². The highest BCUT2D eigenvalue weighted by Gasteiger charge is 2.42. The van der Waals surface area contributed by atoms with Crippen molar-refractivity contribution in [2.24, 2.45) is 4.99 Å². The molecule has 0 aliphatic carbocycles. The number of imide groups is 1. The molecule has 1 unspecified atom stereocenters. The second-order valence-electron chi connectivity index (χ2n) is 6.59. The van der Waals surface area contributed by atoms with Crippen LogP contribution in [0.3, 0.4) is 0 Å². The van der Waals surface area contributed by atoms with Gasteiger partial charge in [0.1, 0.15) is 5.54 Å². The molecule has 0 bridgehead atoms. The molecule has 142 valence electrons. The minimum atomic E-state index is -1.01. The van der Waals surface area contributed by atoms with Crippen LogP contribution in [0.1, 0.15) is 26.7 Å². The van der Waals surface area contributed by atoms with Gasteiger partial charge in [-0.25, -0.2) is 4.79 Å². The summed E-state index contributed by atoms with van der Waals surface area (Å²) < 4.78 is 0.929. The Balaban J connectivity index is 1.78. The molecule has 2 N–H and O–H groups in total. The Labute approximate surface area is 161 Å². The lowest BCUT2D eigenvalue weighted by Crippen LogP contribution is -2.49. The number of nitrogens with one attached hydrogen (secondary N) is 2. The van der Waals surface area contributed by atoms with E-state index in [1.165, 1.54) is 0 Å². The van der Waals surface area contributed by atoms with Crippen molar-refractivity contribution in [1.82, 2.24) is 20.4 Å². The molecule has 2 fully saturated rings. The maximum absolute atomic E-state index is 12.4. The standard InChI is InChI=1S/C17H24BrN5O3/c1-12(18)10-19-11-13(2)22-6-8-23(9-7-22)14(24)4-5-17(3)15(25)20-16(26)21-17/h10-11H,2,4-9H2,1,3H3,(H2,20,21,25,26)/b12-10+,19-11?. The van der Waals surface area contributed by atoms with Crippen molar-refractivity contribution in [3.05, 3.63) is 23.0 Å². The van der Waals surface area contributed by atoms with Crippen molar-refractivity contribution >= 4 is 40.0 Å². The minimum absolute atomic E-state index is 0.0167. The van der Waals surface area contributed by atoms with Crippen LogP contribution >= 0.6 is 15.9 Å². The number of nitrogens with zero attached hydrogens (tertiary/aromatic N) is 3. The zero-order valence-corrected chi connectivity index (χ0v) is 16.6. The van der Waals surface area contributed by atoms with Gasteiger partial charge < -0.3 is 15.1 Å².